The number of halogens is 2. The Morgan fingerprint density at radius 1 is 1.24 bits per heavy atom. The number of benzene rings is 2. The summed E-state index contributed by atoms with van der Waals surface area (Å²) >= 11 is 6.21. The average molecular weight is 359 g/mol. The predicted molar refractivity (Wildman–Crippen MR) is 97.5 cm³/mol. The second-order valence-corrected chi connectivity index (χ2v) is 7.47. The van der Waals surface area contributed by atoms with Gasteiger partial charge in [-0.2, -0.15) is 5.10 Å². The molecule has 0 saturated carbocycles. The molecule has 0 radical (unpaired) electrons. The van der Waals surface area contributed by atoms with Crippen LogP contribution in [0.2, 0.25) is 5.02 Å². The summed E-state index contributed by atoms with van der Waals surface area (Å²) in [4.78, 5) is 0. The summed E-state index contributed by atoms with van der Waals surface area (Å²) in [6.07, 6.45) is 1.55. The molecule has 25 heavy (non-hydrogen) atoms. The first kappa shape index (κ1) is 16.4. The van der Waals surface area contributed by atoms with Crippen molar-refractivity contribution in [2.75, 3.05) is 0 Å². The van der Waals surface area contributed by atoms with E-state index in [9.17, 15) is 4.39 Å². The van der Waals surface area contributed by atoms with Gasteiger partial charge in [0.25, 0.3) is 0 Å². The Hall–Kier alpha value is -2.07. The Morgan fingerprint density at radius 3 is 2.72 bits per heavy atom. The first-order chi connectivity index (χ1) is 12.0. The second kappa shape index (κ2) is 6.34. The van der Waals surface area contributed by atoms with Gasteiger partial charge in [-0.3, -0.25) is 5.01 Å². The molecule has 2 aromatic rings. The molecule has 130 valence electrons. The highest BCUT2D eigenvalue weighted by atomic mass is 35.5. The number of rotatable bonds is 3. The molecule has 2 heterocycles. The molecule has 0 aromatic heterocycles. The van der Waals surface area contributed by atoms with E-state index < -0.39 is 0 Å². The van der Waals surface area contributed by atoms with Gasteiger partial charge in [0.15, 0.2) is 6.23 Å². The Labute approximate surface area is 152 Å². The molecule has 2 aliphatic heterocycles. The molecule has 0 fully saturated rings. The highest BCUT2D eigenvalue weighted by Gasteiger charge is 2.40. The average Bonchev–Trinajstić information content (AvgIpc) is 3.01. The summed E-state index contributed by atoms with van der Waals surface area (Å²) in [6.45, 7) is 4.35. The minimum absolute atomic E-state index is 0.100. The van der Waals surface area contributed by atoms with Gasteiger partial charge in [-0.15, -0.1) is 0 Å². The topological polar surface area (TPSA) is 24.8 Å². The van der Waals surface area contributed by atoms with Crippen molar-refractivity contribution in [2.45, 2.75) is 39.0 Å². The Balaban J connectivity index is 1.72. The van der Waals surface area contributed by atoms with Crippen LogP contribution in [0.15, 0.2) is 47.6 Å². The van der Waals surface area contributed by atoms with Gasteiger partial charge in [0.05, 0.1) is 11.8 Å². The second-order valence-electron chi connectivity index (χ2n) is 7.04. The van der Waals surface area contributed by atoms with Crippen molar-refractivity contribution < 1.29 is 9.13 Å². The van der Waals surface area contributed by atoms with Crippen molar-refractivity contribution in [3.8, 4) is 5.75 Å². The lowest BCUT2D eigenvalue weighted by Crippen LogP contribution is -2.41. The van der Waals surface area contributed by atoms with Gasteiger partial charge in [0.1, 0.15) is 11.6 Å². The molecule has 2 aliphatic rings. The predicted octanol–water partition coefficient (Wildman–Crippen LogP) is 5.39. The largest absolute Gasteiger partial charge is 0.469 e. The third kappa shape index (κ3) is 3.11. The molecule has 0 unspecified atom stereocenters. The first-order valence-electron chi connectivity index (χ1n) is 8.59. The highest BCUT2D eigenvalue weighted by Crippen LogP contribution is 2.44. The molecule has 2 aromatic carbocycles. The molecule has 3 nitrogen and oxygen atoms in total. The fourth-order valence-corrected chi connectivity index (χ4v) is 3.69. The maximum absolute atomic E-state index is 13.2. The Kier molecular flexibility index (Phi) is 4.16. The van der Waals surface area contributed by atoms with E-state index in [4.69, 9.17) is 21.4 Å². The molecular weight excluding hydrogens is 339 g/mol. The van der Waals surface area contributed by atoms with Crippen LogP contribution in [0.3, 0.4) is 0 Å². The van der Waals surface area contributed by atoms with E-state index in [0.717, 1.165) is 35.4 Å². The molecule has 4 rings (SSSR count). The maximum Gasteiger partial charge on any atom is 0.188 e. The standard InChI is InChI=1S/C20H20ClFN2O/c1-12(2)9-20-24-18(16-10-14(21)5-8-19(16)25-20)11-17(23-24)13-3-6-15(22)7-4-13/h3-8,10,12,18,20H,9,11H2,1-2H3/t18-,20+/m0/s1. The van der Waals surface area contributed by atoms with Gasteiger partial charge in [-0.1, -0.05) is 37.6 Å². The Morgan fingerprint density at radius 2 is 2.00 bits per heavy atom. The van der Waals surface area contributed by atoms with Crippen molar-refractivity contribution in [1.29, 1.82) is 0 Å². The van der Waals surface area contributed by atoms with Crippen LogP contribution in [-0.2, 0) is 0 Å². The van der Waals surface area contributed by atoms with Crippen LogP contribution in [0.25, 0.3) is 0 Å². The number of hydrogen-bond donors (Lipinski definition) is 0. The summed E-state index contributed by atoms with van der Waals surface area (Å²) in [6, 6.07) is 12.4. The zero-order valence-corrected chi connectivity index (χ0v) is 15.0. The number of hydrogen-bond acceptors (Lipinski definition) is 3. The van der Waals surface area contributed by atoms with Crippen molar-refractivity contribution in [3.63, 3.8) is 0 Å². The van der Waals surface area contributed by atoms with Crippen LogP contribution in [0.4, 0.5) is 4.39 Å². The van der Waals surface area contributed by atoms with E-state index in [1.807, 2.05) is 18.2 Å². The van der Waals surface area contributed by atoms with Gasteiger partial charge in [0.2, 0.25) is 0 Å². The molecule has 0 spiro atoms. The molecule has 5 heteroatoms. The van der Waals surface area contributed by atoms with E-state index in [0.29, 0.717) is 10.9 Å². The normalized spacial score (nSPS) is 21.6. The van der Waals surface area contributed by atoms with Crippen LogP contribution in [-0.4, -0.2) is 16.9 Å². The molecule has 0 aliphatic carbocycles. The summed E-state index contributed by atoms with van der Waals surface area (Å²) in [5.74, 6) is 1.13. The van der Waals surface area contributed by atoms with Gasteiger partial charge < -0.3 is 4.74 Å². The van der Waals surface area contributed by atoms with E-state index in [2.05, 4.69) is 18.9 Å². The van der Waals surface area contributed by atoms with Crippen LogP contribution in [0.5, 0.6) is 5.75 Å². The molecule has 2 atom stereocenters. The van der Waals surface area contributed by atoms with E-state index in [-0.39, 0.29) is 18.1 Å². The van der Waals surface area contributed by atoms with Gasteiger partial charge >= 0.3 is 0 Å². The lowest BCUT2D eigenvalue weighted by Gasteiger charge is -2.38. The highest BCUT2D eigenvalue weighted by molar-refractivity contribution is 6.30. The van der Waals surface area contributed by atoms with Crippen molar-refractivity contribution in [3.05, 3.63) is 64.4 Å². The van der Waals surface area contributed by atoms with Crippen LogP contribution < -0.4 is 4.74 Å². The molecule has 0 bridgehead atoms. The third-order valence-corrected chi connectivity index (χ3v) is 4.92. The zero-order valence-electron chi connectivity index (χ0n) is 14.2. The molecular formula is C20H20ClFN2O. The minimum atomic E-state index is -0.238. The Bertz CT molecular complexity index is 819. The summed E-state index contributed by atoms with van der Waals surface area (Å²) in [5, 5.41) is 7.58. The van der Waals surface area contributed by atoms with Crippen molar-refractivity contribution in [1.82, 2.24) is 5.01 Å². The van der Waals surface area contributed by atoms with Crippen LogP contribution >= 0.6 is 11.6 Å². The maximum atomic E-state index is 13.2. The van der Waals surface area contributed by atoms with Crippen LogP contribution in [0.1, 0.15) is 43.9 Å². The monoisotopic (exact) mass is 358 g/mol. The lowest BCUT2D eigenvalue weighted by molar-refractivity contribution is -0.0291. The third-order valence-electron chi connectivity index (χ3n) is 4.68. The smallest absolute Gasteiger partial charge is 0.188 e. The van der Waals surface area contributed by atoms with Crippen molar-refractivity contribution in [2.24, 2.45) is 11.0 Å². The lowest BCUT2D eigenvalue weighted by atomic mass is 9.95. The summed E-state index contributed by atoms with van der Waals surface area (Å²) < 4.78 is 19.4. The quantitative estimate of drug-likeness (QED) is 0.734. The van der Waals surface area contributed by atoms with Gasteiger partial charge in [0, 0.05) is 23.4 Å². The molecule has 0 amide bonds. The first-order valence-corrected chi connectivity index (χ1v) is 8.97. The van der Waals surface area contributed by atoms with Gasteiger partial charge in [-0.25, -0.2) is 4.39 Å². The minimum Gasteiger partial charge on any atom is -0.469 e. The van der Waals surface area contributed by atoms with E-state index in [1.54, 1.807) is 12.1 Å². The molecule has 0 N–H and O–H groups in total. The van der Waals surface area contributed by atoms with Crippen molar-refractivity contribution >= 4 is 17.3 Å². The van der Waals surface area contributed by atoms with E-state index >= 15 is 0 Å². The fraction of sp³-hybridized carbons (Fsp3) is 0.350. The number of ether oxygens (including phenoxy) is 1. The van der Waals surface area contributed by atoms with Crippen LogP contribution in [0, 0.1) is 11.7 Å². The number of hydrazone groups is 1. The zero-order chi connectivity index (χ0) is 17.6. The number of fused-ring (bicyclic) bond motifs is 3. The fourth-order valence-electron chi connectivity index (χ4n) is 3.51. The van der Waals surface area contributed by atoms with Gasteiger partial charge in [-0.05, 0) is 41.8 Å². The SMILES string of the molecule is CC(C)C[C@H]1Oc2ccc(Cl)cc2[C@@H]2CC(c3ccc(F)cc3)=NN12. The summed E-state index contributed by atoms with van der Waals surface area (Å²) in [5.41, 5.74) is 2.96. The molecule has 0 saturated heterocycles. The van der Waals surface area contributed by atoms with E-state index in [1.165, 1.54) is 12.1 Å². The number of nitrogens with zero attached hydrogens (tertiary/aromatic N) is 2. The summed E-state index contributed by atoms with van der Waals surface area (Å²) in [7, 11) is 0.